The number of nitrogens with zero attached hydrogens (tertiary/aromatic N) is 2. The Kier molecular flexibility index (Phi) is 7.93. The number of fused-ring (bicyclic) bond motifs is 1. The number of piperidine rings is 1. The molecule has 0 bridgehead atoms. The summed E-state index contributed by atoms with van der Waals surface area (Å²) in [5.41, 5.74) is 1.27. The molecule has 3 heterocycles. The summed E-state index contributed by atoms with van der Waals surface area (Å²) in [5.74, 6) is -0.0537. The Morgan fingerprint density at radius 3 is 2.43 bits per heavy atom. The van der Waals surface area contributed by atoms with Crippen LogP contribution in [0.15, 0.2) is 24.3 Å². The number of nitrogens with one attached hydrogen (secondary N) is 1. The highest BCUT2D eigenvalue weighted by Gasteiger charge is 2.49. The highest BCUT2D eigenvalue weighted by atomic mass is 16.5. The molecular weight excluding hydrogens is 446 g/mol. The zero-order valence-electron chi connectivity index (χ0n) is 21.4. The molecule has 192 valence electrons. The van der Waals surface area contributed by atoms with Crippen molar-refractivity contribution in [1.82, 2.24) is 15.1 Å². The number of likely N-dealkylation sites (tertiary alicyclic amines) is 2. The predicted molar refractivity (Wildman–Crippen MR) is 132 cm³/mol. The van der Waals surface area contributed by atoms with Crippen molar-refractivity contribution in [2.75, 3.05) is 46.5 Å². The van der Waals surface area contributed by atoms with Gasteiger partial charge < -0.3 is 24.6 Å². The lowest BCUT2D eigenvalue weighted by Gasteiger charge is -2.35. The lowest BCUT2D eigenvalue weighted by atomic mass is 9.85. The van der Waals surface area contributed by atoms with E-state index in [1.165, 1.54) is 5.56 Å². The van der Waals surface area contributed by atoms with Gasteiger partial charge in [-0.05, 0) is 61.4 Å². The molecule has 3 saturated heterocycles. The number of hydrogen-bond donors (Lipinski definition) is 1. The van der Waals surface area contributed by atoms with E-state index in [1.54, 1.807) is 12.0 Å². The number of benzene rings is 1. The smallest absolute Gasteiger partial charge is 0.251 e. The Morgan fingerprint density at radius 1 is 1.11 bits per heavy atom. The molecule has 8 nitrogen and oxygen atoms in total. The molecule has 0 unspecified atom stereocenters. The van der Waals surface area contributed by atoms with Gasteiger partial charge in [-0.3, -0.25) is 14.4 Å². The minimum absolute atomic E-state index is 0.0556. The zero-order valence-corrected chi connectivity index (χ0v) is 21.4. The topological polar surface area (TPSA) is 88.2 Å². The van der Waals surface area contributed by atoms with Crippen LogP contribution in [0, 0.1) is 5.41 Å². The maximum absolute atomic E-state index is 13.5. The number of Topliss-reactive ketones (excluding diaryl/α,β-unsaturated/α-hetero) is 1. The fraction of sp³-hybridized carbons (Fsp3) is 0.667. The number of carbonyl (C=O) groups excluding carboxylic acids is 3. The number of rotatable bonds is 7. The molecule has 0 aliphatic carbocycles. The van der Waals surface area contributed by atoms with Gasteiger partial charge in [0.25, 0.3) is 5.91 Å². The number of ketones is 1. The number of methoxy groups -OCH3 is 1. The van der Waals surface area contributed by atoms with E-state index in [1.807, 2.05) is 45.0 Å². The minimum atomic E-state index is -0.738. The lowest BCUT2D eigenvalue weighted by molar-refractivity contribution is -0.140. The van der Waals surface area contributed by atoms with Crippen LogP contribution in [-0.2, 0) is 19.1 Å². The third-order valence-electron chi connectivity index (χ3n) is 7.63. The second kappa shape index (κ2) is 10.8. The summed E-state index contributed by atoms with van der Waals surface area (Å²) in [7, 11) is 1.73. The van der Waals surface area contributed by atoms with Crippen LogP contribution >= 0.6 is 0 Å². The Hall–Kier alpha value is -2.29. The van der Waals surface area contributed by atoms with E-state index in [-0.39, 0.29) is 30.3 Å². The van der Waals surface area contributed by atoms with Crippen molar-refractivity contribution in [3.63, 3.8) is 0 Å². The van der Waals surface area contributed by atoms with E-state index in [2.05, 4.69) is 10.2 Å². The molecule has 3 atom stereocenters. The number of carbonyl (C=O) groups is 3. The minimum Gasteiger partial charge on any atom is -0.383 e. The zero-order chi connectivity index (χ0) is 25.2. The highest BCUT2D eigenvalue weighted by molar-refractivity contribution is 5.99. The molecule has 35 heavy (non-hydrogen) atoms. The van der Waals surface area contributed by atoms with Crippen molar-refractivity contribution < 1.29 is 23.9 Å². The van der Waals surface area contributed by atoms with Crippen molar-refractivity contribution in [2.24, 2.45) is 5.41 Å². The van der Waals surface area contributed by atoms with Gasteiger partial charge in [-0.2, -0.15) is 0 Å². The summed E-state index contributed by atoms with van der Waals surface area (Å²) < 4.78 is 10.7. The average molecular weight is 486 g/mol. The van der Waals surface area contributed by atoms with Gasteiger partial charge in [-0.25, -0.2) is 0 Å². The van der Waals surface area contributed by atoms with Crippen LogP contribution in [0.1, 0.15) is 61.9 Å². The molecule has 3 aliphatic heterocycles. The SMILES string of the molecule is COCCN1CCC(c2ccc(C(=O)N[C@H](C(=O)N3CC[C@H]4OCC(=O)[C@H]43)C(C)(C)C)cc2)CC1. The number of amides is 2. The molecule has 3 fully saturated rings. The molecule has 4 rings (SSSR count). The Bertz CT molecular complexity index is 918. The van der Waals surface area contributed by atoms with E-state index >= 15 is 0 Å². The maximum atomic E-state index is 13.5. The second-order valence-corrected chi connectivity index (χ2v) is 11.1. The van der Waals surface area contributed by atoms with Crippen molar-refractivity contribution >= 4 is 17.6 Å². The summed E-state index contributed by atoms with van der Waals surface area (Å²) in [5, 5.41) is 2.97. The second-order valence-electron chi connectivity index (χ2n) is 11.1. The van der Waals surface area contributed by atoms with Crippen LogP contribution in [0.4, 0.5) is 0 Å². The Labute approximate surface area is 208 Å². The van der Waals surface area contributed by atoms with Crippen LogP contribution in [0.3, 0.4) is 0 Å². The normalized spacial score (nSPS) is 24.5. The molecule has 1 aromatic rings. The van der Waals surface area contributed by atoms with Gasteiger partial charge in [0.15, 0.2) is 5.78 Å². The van der Waals surface area contributed by atoms with Crippen molar-refractivity contribution in [2.45, 2.75) is 64.1 Å². The first kappa shape index (κ1) is 25.8. The van der Waals surface area contributed by atoms with Gasteiger partial charge in [0, 0.05) is 25.8 Å². The molecule has 0 saturated carbocycles. The lowest BCUT2D eigenvalue weighted by Crippen LogP contribution is -2.57. The molecule has 2 amide bonds. The van der Waals surface area contributed by atoms with Gasteiger partial charge >= 0.3 is 0 Å². The van der Waals surface area contributed by atoms with E-state index in [0.717, 1.165) is 39.1 Å². The predicted octanol–water partition coefficient (Wildman–Crippen LogP) is 2.23. The molecule has 3 aliphatic rings. The number of hydrogen-bond acceptors (Lipinski definition) is 6. The molecule has 0 spiro atoms. The molecular formula is C27H39N3O5. The summed E-state index contributed by atoms with van der Waals surface area (Å²) in [4.78, 5) is 43.0. The van der Waals surface area contributed by atoms with Crippen LogP contribution < -0.4 is 5.32 Å². The summed E-state index contributed by atoms with van der Waals surface area (Å²) in [6.07, 6.45) is 2.62. The standard InChI is InChI=1S/C27H39N3O5/c1-27(2,3)24(26(33)30-14-11-22-23(30)21(31)17-35-22)28-25(32)20-7-5-18(6-8-20)19-9-12-29(13-10-19)15-16-34-4/h5-8,19,22-24H,9-17H2,1-4H3,(H,28,32)/t22-,23-,24-/m1/s1. The molecule has 1 N–H and O–H groups in total. The monoisotopic (exact) mass is 485 g/mol. The van der Waals surface area contributed by atoms with Crippen LogP contribution in [0.25, 0.3) is 0 Å². The third-order valence-corrected chi connectivity index (χ3v) is 7.63. The van der Waals surface area contributed by atoms with Gasteiger partial charge in [-0.1, -0.05) is 32.9 Å². The van der Waals surface area contributed by atoms with Crippen LogP contribution in [0.2, 0.25) is 0 Å². The first-order chi connectivity index (χ1) is 16.7. The molecule has 1 aromatic carbocycles. The van der Waals surface area contributed by atoms with E-state index in [9.17, 15) is 14.4 Å². The van der Waals surface area contributed by atoms with Gasteiger partial charge in [0.05, 0.1) is 12.7 Å². The van der Waals surface area contributed by atoms with E-state index in [4.69, 9.17) is 9.47 Å². The van der Waals surface area contributed by atoms with Gasteiger partial charge in [-0.15, -0.1) is 0 Å². The largest absolute Gasteiger partial charge is 0.383 e. The average Bonchev–Trinajstić information content (AvgIpc) is 3.43. The molecule has 8 heteroatoms. The van der Waals surface area contributed by atoms with Crippen molar-refractivity contribution in [3.8, 4) is 0 Å². The van der Waals surface area contributed by atoms with Crippen LogP contribution in [0.5, 0.6) is 0 Å². The third kappa shape index (κ3) is 5.76. The van der Waals surface area contributed by atoms with Gasteiger partial charge in [0.1, 0.15) is 18.7 Å². The fourth-order valence-corrected chi connectivity index (χ4v) is 5.49. The Balaban J connectivity index is 1.39. The summed E-state index contributed by atoms with van der Waals surface area (Å²) in [6, 6.07) is 6.52. The first-order valence-electron chi connectivity index (χ1n) is 12.8. The molecule has 0 aromatic heterocycles. The van der Waals surface area contributed by atoms with Gasteiger partial charge in [0.2, 0.25) is 5.91 Å². The molecule has 0 radical (unpaired) electrons. The fourth-order valence-electron chi connectivity index (χ4n) is 5.49. The van der Waals surface area contributed by atoms with E-state index < -0.39 is 17.5 Å². The van der Waals surface area contributed by atoms with Crippen LogP contribution in [-0.4, -0.2) is 92.1 Å². The first-order valence-corrected chi connectivity index (χ1v) is 12.8. The maximum Gasteiger partial charge on any atom is 0.251 e. The summed E-state index contributed by atoms with van der Waals surface area (Å²) >= 11 is 0. The van der Waals surface area contributed by atoms with Crippen molar-refractivity contribution in [1.29, 1.82) is 0 Å². The highest BCUT2D eigenvalue weighted by Crippen LogP contribution is 2.31. The van der Waals surface area contributed by atoms with E-state index in [0.29, 0.717) is 24.4 Å². The quantitative estimate of drug-likeness (QED) is 0.637. The summed E-state index contributed by atoms with van der Waals surface area (Å²) in [6.45, 7) is 10.2. The van der Waals surface area contributed by atoms with Crippen molar-refractivity contribution in [3.05, 3.63) is 35.4 Å². The number of ether oxygens (including phenoxy) is 2. The Morgan fingerprint density at radius 2 is 1.80 bits per heavy atom.